The lowest BCUT2D eigenvalue weighted by Crippen LogP contribution is -2.55. The zero-order chi connectivity index (χ0) is 18.1. The third-order valence-corrected chi connectivity index (χ3v) is 5.92. The summed E-state index contributed by atoms with van der Waals surface area (Å²) in [7, 11) is 0. The summed E-state index contributed by atoms with van der Waals surface area (Å²) in [5, 5.41) is 5.79. The van der Waals surface area contributed by atoms with Gasteiger partial charge in [0.25, 0.3) is 0 Å². The number of fused-ring (bicyclic) bond motifs is 1. The molecule has 3 heterocycles. The summed E-state index contributed by atoms with van der Waals surface area (Å²) in [6, 6.07) is -0.0213. The van der Waals surface area contributed by atoms with Crippen molar-refractivity contribution in [1.82, 2.24) is 25.5 Å². The number of likely N-dealkylation sites (tertiary alicyclic amines) is 1. The van der Waals surface area contributed by atoms with Gasteiger partial charge in [-0.2, -0.15) is 0 Å². The quantitative estimate of drug-likeness (QED) is 0.799. The Kier molecular flexibility index (Phi) is 4.52. The van der Waals surface area contributed by atoms with Crippen molar-refractivity contribution < 1.29 is 14.3 Å². The van der Waals surface area contributed by atoms with Gasteiger partial charge in [0.2, 0.25) is 11.8 Å². The highest BCUT2D eigenvalue weighted by Crippen LogP contribution is 2.49. The number of hydrogen-bond acceptors (Lipinski definition) is 6. The SMILES string of the molecule is Cc1cnc(OCC23CCCC2CN(C(=O)C2CC(=O)NCN2)C3)nc1. The van der Waals surface area contributed by atoms with Crippen LogP contribution in [0.5, 0.6) is 6.01 Å². The maximum Gasteiger partial charge on any atom is 0.316 e. The molecule has 0 radical (unpaired) electrons. The fourth-order valence-electron chi connectivity index (χ4n) is 4.48. The zero-order valence-corrected chi connectivity index (χ0v) is 15.0. The second-order valence-corrected chi connectivity index (χ2v) is 7.74. The highest BCUT2D eigenvalue weighted by atomic mass is 16.5. The molecular formula is C18H25N5O3. The van der Waals surface area contributed by atoms with Crippen molar-refractivity contribution in [2.24, 2.45) is 11.3 Å². The van der Waals surface area contributed by atoms with Gasteiger partial charge in [0.05, 0.1) is 25.7 Å². The molecule has 1 aromatic heterocycles. The van der Waals surface area contributed by atoms with Crippen LogP contribution < -0.4 is 15.4 Å². The first kappa shape index (κ1) is 17.2. The number of nitrogens with one attached hydrogen (secondary N) is 2. The molecule has 8 nitrogen and oxygen atoms in total. The Morgan fingerprint density at radius 1 is 1.42 bits per heavy atom. The van der Waals surface area contributed by atoms with Crippen LogP contribution in [-0.2, 0) is 9.59 Å². The standard InChI is InChI=1S/C18H25N5O3/c1-12-6-19-17(20-7-12)26-10-18-4-2-3-13(18)8-23(9-18)16(25)14-5-15(24)22-11-21-14/h6-7,13-14,21H,2-5,8-11H2,1H3,(H,22,24). The Labute approximate surface area is 152 Å². The molecule has 3 unspecified atom stereocenters. The van der Waals surface area contributed by atoms with E-state index in [4.69, 9.17) is 4.74 Å². The predicted octanol–water partition coefficient (Wildman–Crippen LogP) is 0.228. The van der Waals surface area contributed by atoms with E-state index in [1.54, 1.807) is 12.4 Å². The van der Waals surface area contributed by atoms with E-state index >= 15 is 0 Å². The van der Waals surface area contributed by atoms with Crippen molar-refractivity contribution in [1.29, 1.82) is 0 Å². The number of hydrogen-bond donors (Lipinski definition) is 2. The molecule has 0 bridgehead atoms. The summed E-state index contributed by atoms with van der Waals surface area (Å²) in [6.07, 6.45) is 7.02. The maximum absolute atomic E-state index is 12.8. The fraction of sp³-hybridized carbons (Fsp3) is 0.667. The van der Waals surface area contributed by atoms with E-state index in [0.717, 1.165) is 31.4 Å². The second-order valence-electron chi connectivity index (χ2n) is 7.74. The normalized spacial score (nSPS) is 30.8. The molecule has 2 saturated heterocycles. The molecule has 2 N–H and O–H groups in total. The first-order valence-corrected chi connectivity index (χ1v) is 9.26. The summed E-state index contributed by atoms with van der Waals surface area (Å²) >= 11 is 0. The first-order valence-electron chi connectivity index (χ1n) is 9.26. The molecule has 1 aromatic rings. The number of ether oxygens (including phenoxy) is 1. The summed E-state index contributed by atoms with van der Waals surface area (Å²) in [5.41, 5.74) is 0.969. The van der Waals surface area contributed by atoms with Crippen LogP contribution in [0.15, 0.2) is 12.4 Å². The first-order chi connectivity index (χ1) is 12.6. The number of aromatic nitrogens is 2. The average Bonchev–Trinajstić information content (AvgIpc) is 3.18. The van der Waals surface area contributed by atoms with Crippen LogP contribution in [-0.4, -0.2) is 59.1 Å². The van der Waals surface area contributed by atoms with Crippen molar-refractivity contribution >= 4 is 11.8 Å². The van der Waals surface area contributed by atoms with Gasteiger partial charge in [-0.15, -0.1) is 0 Å². The highest BCUT2D eigenvalue weighted by Gasteiger charge is 2.52. The van der Waals surface area contributed by atoms with Gasteiger partial charge in [0.15, 0.2) is 0 Å². The number of aryl methyl sites for hydroxylation is 1. The summed E-state index contributed by atoms with van der Waals surface area (Å²) < 4.78 is 5.90. The van der Waals surface area contributed by atoms with Crippen LogP contribution in [0, 0.1) is 18.3 Å². The van der Waals surface area contributed by atoms with Gasteiger partial charge in [0.1, 0.15) is 0 Å². The molecular weight excluding hydrogens is 334 g/mol. The highest BCUT2D eigenvalue weighted by molar-refractivity contribution is 5.89. The van der Waals surface area contributed by atoms with Gasteiger partial charge in [-0.1, -0.05) is 6.42 Å². The van der Waals surface area contributed by atoms with Crippen molar-refractivity contribution in [2.75, 3.05) is 26.4 Å². The molecule has 8 heteroatoms. The Bertz CT molecular complexity index is 695. The third kappa shape index (κ3) is 3.25. The topological polar surface area (TPSA) is 96.5 Å². The van der Waals surface area contributed by atoms with Crippen molar-refractivity contribution in [3.63, 3.8) is 0 Å². The molecule has 4 rings (SSSR count). The molecule has 1 saturated carbocycles. The smallest absolute Gasteiger partial charge is 0.316 e. The minimum Gasteiger partial charge on any atom is -0.463 e. The Balaban J connectivity index is 1.42. The van der Waals surface area contributed by atoms with Crippen LogP contribution in [0.25, 0.3) is 0 Å². The van der Waals surface area contributed by atoms with Crippen LogP contribution in [0.2, 0.25) is 0 Å². The summed E-state index contributed by atoms with van der Waals surface area (Å²) in [6.45, 7) is 4.25. The third-order valence-electron chi connectivity index (χ3n) is 5.92. The van der Waals surface area contributed by atoms with Crippen molar-refractivity contribution in [3.05, 3.63) is 18.0 Å². The van der Waals surface area contributed by atoms with Crippen molar-refractivity contribution in [2.45, 2.75) is 38.6 Å². The molecule has 140 valence electrons. The van der Waals surface area contributed by atoms with E-state index in [1.807, 2.05) is 11.8 Å². The monoisotopic (exact) mass is 359 g/mol. The number of nitrogens with zero attached hydrogens (tertiary/aromatic N) is 3. The van der Waals surface area contributed by atoms with Gasteiger partial charge >= 0.3 is 6.01 Å². The van der Waals surface area contributed by atoms with Gasteiger partial charge < -0.3 is 15.0 Å². The Morgan fingerprint density at radius 3 is 3.00 bits per heavy atom. The number of carbonyl (C=O) groups is 2. The van der Waals surface area contributed by atoms with E-state index in [-0.39, 0.29) is 23.7 Å². The lowest BCUT2D eigenvalue weighted by Gasteiger charge is -2.30. The van der Waals surface area contributed by atoms with Gasteiger partial charge in [-0.05, 0) is 31.2 Å². The second kappa shape index (κ2) is 6.83. The van der Waals surface area contributed by atoms with Crippen molar-refractivity contribution in [3.8, 4) is 6.01 Å². The molecule has 3 aliphatic rings. The number of rotatable bonds is 4. The lowest BCUT2D eigenvalue weighted by molar-refractivity contribution is -0.137. The largest absolute Gasteiger partial charge is 0.463 e. The Morgan fingerprint density at radius 2 is 2.23 bits per heavy atom. The lowest BCUT2D eigenvalue weighted by atomic mass is 9.82. The number of carbonyl (C=O) groups excluding carboxylic acids is 2. The van der Waals surface area contributed by atoms with Gasteiger partial charge in [-0.3, -0.25) is 14.9 Å². The number of amides is 2. The minimum absolute atomic E-state index is 0.0270. The van der Waals surface area contributed by atoms with Gasteiger partial charge in [-0.25, -0.2) is 9.97 Å². The predicted molar refractivity (Wildman–Crippen MR) is 93.2 cm³/mol. The van der Waals surface area contributed by atoms with E-state index in [1.165, 1.54) is 0 Å². The summed E-state index contributed by atoms with van der Waals surface area (Å²) in [4.78, 5) is 34.8. The van der Waals surface area contributed by atoms with E-state index < -0.39 is 6.04 Å². The molecule has 1 aliphatic carbocycles. The molecule has 0 aromatic carbocycles. The maximum atomic E-state index is 12.8. The Hall–Kier alpha value is -2.22. The molecule has 3 atom stereocenters. The van der Waals surface area contributed by atoms with E-state index in [9.17, 15) is 9.59 Å². The molecule has 0 spiro atoms. The van der Waals surface area contributed by atoms with Crippen LogP contribution in [0.4, 0.5) is 0 Å². The molecule has 3 fully saturated rings. The summed E-state index contributed by atoms with van der Waals surface area (Å²) in [5.74, 6) is 0.394. The van der Waals surface area contributed by atoms with Crippen LogP contribution in [0.3, 0.4) is 0 Å². The zero-order valence-electron chi connectivity index (χ0n) is 15.0. The van der Waals surface area contributed by atoms with Crippen LogP contribution >= 0.6 is 0 Å². The van der Waals surface area contributed by atoms with E-state index in [2.05, 4.69) is 20.6 Å². The van der Waals surface area contributed by atoms with Gasteiger partial charge in [0, 0.05) is 30.9 Å². The fourth-order valence-corrected chi connectivity index (χ4v) is 4.48. The molecule has 26 heavy (non-hydrogen) atoms. The van der Waals surface area contributed by atoms with E-state index in [0.29, 0.717) is 31.7 Å². The molecule has 2 aliphatic heterocycles. The minimum atomic E-state index is -0.416. The average molecular weight is 359 g/mol. The molecule has 2 amide bonds. The van der Waals surface area contributed by atoms with Crippen LogP contribution in [0.1, 0.15) is 31.2 Å².